The first-order chi connectivity index (χ1) is 14.2. The summed E-state index contributed by atoms with van der Waals surface area (Å²) in [5, 5.41) is 5.52. The highest BCUT2D eigenvalue weighted by molar-refractivity contribution is 7.17. The van der Waals surface area contributed by atoms with Crippen molar-refractivity contribution < 1.29 is 28.7 Å². The summed E-state index contributed by atoms with van der Waals surface area (Å²) in [4.78, 5) is 62.4. The molecule has 11 heteroatoms. The van der Waals surface area contributed by atoms with Crippen LogP contribution in [0.2, 0.25) is 0 Å². The van der Waals surface area contributed by atoms with Crippen molar-refractivity contribution in [2.24, 2.45) is 5.73 Å². The van der Waals surface area contributed by atoms with Crippen LogP contribution in [0.15, 0.2) is 0 Å². The van der Waals surface area contributed by atoms with Crippen molar-refractivity contribution in [3.63, 3.8) is 0 Å². The number of esters is 1. The quantitative estimate of drug-likeness (QED) is 0.408. The Morgan fingerprint density at radius 1 is 1.23 bits per heavy atom. The third kappa shape index (κ3) is 3.89. The van der Waals surface area contributed by atoms with Gasteiger partial charge in [-0.3, -0.25) is 24.1 Å². The summed E-state index contributed by atoms with van der Waals surface area (Å²) < 4.78 is 4.91. The van der Waals surface area contributed by atoms with Gasteiger partial charge in [0, 0.05) is 4.88 Å². The van der Waals surface area contributed by atoms with E-state index in [1.54, 1.807) is 13.8 Å². The normalized spacial score (nSPS) is 16.9. The molecule has 4 N–H and O–H groups in total. The van der Waals surface area contributed by atoms with E-state index in [9.17, 15) is 24.0 Å². The van der Waals surface area contributed by atoms with E-state index in [-0.39, 0.29) is 0 Å². The molecular formula is C19H24N4O6S. The topological polar surface area (TPSA) is 148 Å². The second-order valence-corrected chi connectivity index (χ2v) is 8.35. The molecule has 0 bridgehead atoms. The smallest absolute Gasteiger partial charge is 0.326 e. The van der Waals surface area contributed by atoms with Crippen molar-refractivity contribution in [2.45, 2.75) is 51.5 Å². The number of hydrogen-bond donors (Lipinski definition) is 3. The Bertz CT molecular complexity index is 920. The van der Waals surface area contributed by atoms with Gasteiger partial charge in [0.15, 0.2) is 6.61 Å². The van der Waals surface area contributed by atoms with Crippen molar-refractivity contribution in [1.82, 2.24) is 10.2 Å². The Morgan fingerprint density at radius 2 is 1.93 bits per heavy atom. The number of nitrogens with zero attached hydrogens (tertiary/aromatic N) is 1. The van der Waals surface area contributed by atoms with Gasteiger partial charge in [-0.05, 0) is 37.7 Å². The molecule has 162 valence electrons. The molecule has 0 radical (unpaired) electrons. The number of thiophene rings is 1. The largest absolute Gasteiger partial charge is 0.454 e. The number of primary amides is 1. The van der Waals surface area contributed by atoms with E-state index >= 15 is 0 Å². The fraction of sp³-hybridized carbons (Fsp3) is 0.526. The van der Waals surface area contributed by atoms with Crippen LogP contribution in [0.4, 0.5) is 9.80 Å². The monoisotopic (exact) mass is 436 g/mol. The Balaban J connectivity index is 1.56. The summed E-state index contributed by atoms with van der Waals surface area (Å²) in [5.41, 5.74) is 5.61. The number of nitrogens with two attached hydrogens (primary N) is 1. The Labute approximate surface area is 177 Å². The van der Waals surface area contributed by atoms with E-state index in [1.165, 1.54) is 11.3 Å². The summed E-state index contributed by atoms with van der Waals surface area (Å²) >= 11 is 1.29. The number of fused-ring (bicyclic) bond motifs is 1. The lowest BCUT2D eigenvalue weighted by molar-refractivity contribution is -0.150. The average Bonchev–Trinajstić information content (AvgIpc) is 3.34. The zero-order valence-electron chi connectivity index (χ0n) is 16.8. The molecule has 0 atom stereocenters. The van der Waals surface area contributed by atoms with E-state index in [0.717, 1.165) is 34.6 Å². The lowest BCUT2D eigenvalue weighted by Gasteiger charge is -2.22. The van der Waals surface area contributed by atoms with Crippen LogP contribution in [0.5, 0.6) is 0 Å². The fourth-order valence-electron chi connectivity index (χ4n) is 3.79. The molecule has 30 heavy (non-hydrogen) atoms. The van der Waals surface area contributed by atoms with Crippen LogP contribution >= 0.6 is 11.3 Å². The maximum absolute atomic E-state index is 12.5. The van der Waals surface area contributed by atoms with Crippen LogP contribution in [0.1, 0.15) is 53.9 Å². The average molecular weight is 436 g/mol. The Hall–Kier alpha value is -2.95. The van der Waals surface area contributed by atoms with E-state index in [4.69, 9.17) is 10.5 Å². The molecule has 1 aliphatic heterocycles. The highest BCUT2D eigenvalue weighted by Crippen LogP contribution is 2.38. The Morgan fingerprint density at radius 3 is 2.53 bits per heavy atom. The van der Waals surface area contributed by atoms with Gasteiger partial charge < -0.3 is 21.1 Å². The molecule has 0 unspecified atom stereocenters. The van der Waals surface area contributed by atoms with Crippen molar-refractivity contribution in [3.8, 4) is 0 Å². The number of ether oxygens (including phenoxy) is 1. The van der Waals surface area contributed by atoms with E-state index in [2.05, 4.69) is 10.6 Å². The van der Waals surface area contributed by atoms with E-state index in [0.29, 0.717) is 23.4 Å². The molecule has 1 aliphatic carbocycles. The number of anilines is 1. The van der Waals surface area contributed by atoms with Gasteiger partial charge in [0.05, 0.1) is 5.56 Å². The van der Waals surface area contributed by atoms with Crippen molar-refractivity contribution >= 4 is 46.1 Å². The van der Waals surface area contributed by atoms with Gasteiger partial charge >= 0.3 is 12.0 Å². The number of aryl methyl sites for hydroxylation is 1. The van der Waals surface area contributed by atoms with Crippen molar-refractivity contribution in [3.05, 3.63) is 16.0 Å². The van der Waals surface area contributed by atoms with Gasteiger partial charge in [0.25, 0.3) is 17.7 Å². The number of carbonyl (C=O) groups excluding carboxylic acids is 5. The lowest BCUT2D eigenvalue weighted by atomic mass is 9.93. The molecule has 2 heterocycles. The summed E-state index contributed by atoms with van der Waals surface area (Å²) in [5.74, 6) is -2.63. The molecular weight excluding hydrogens is 412 g/mol. The first-order valence-corrected chi connectivity index (χ1v) is 10.6. The minimum Gasteiger partial charge on any atom is -0.454 e. The highest BCUT2D eigenvalue weighted by atomic mass is 32.1. The molecule has 0 aromatic carbocycles. The van der Waals surface area contributed by atoms with E-state index < -0.39 is 48.4 Å². The maximum atomic E-state index is 12.5. The van der Waals surface area contributed by atoms with Crippen molar-refractivity contribution in [1.29, 1.82) is 0 Å². The number of urea groups is 1. The molecule has 0 spiro atoms. The van der Waals surface area contributed by atoms with Crippen molar-refractivity contribution in [2.75, 3.05) is 18.5 Å². The van der Waals surface area contributed by atoms with Crippen LogP contribution in [0.3, 0.4) is 0 Å². The molecule has 2 aliphatic rings. The molecule has 1 aromatic heterocycles. The van der Waals surface area contributed by atoms with Gasteiger partial charge in [0.1, 0.15) is 17.1 Å². The minimum absolute atomic E-state index is 0.307. The van der Waals surface area contributed by atoms with Gasteiger partial charge in [-0.15, -0.1) is 11.3 Å². The zero-order valence-corrected chi connectivity index (χ0v) is 17.6. The first-order valence-electron chi connectivity index (χ1n) is 9.76. The molecule has 5 amide bonds. The molecule has 0 saturated carbocycles. The summed E-state index contributed by atoms with van der Waals surface area (Å²) in [7, 11) is 0. The van der Waals surface area contributed by atoms with Gasteiger partial charge in [-0.2, -0.15) is 0 Å². The summed E-state index contributed by atoms with van der Waals surface area (Å²) in [6.07, 6.45) is 3.30. The molecule has 3 rings (SSSR count). The number of hydrogen-bond acceptors (Lipinski definition) is 7. The summed E-state index contributed by atoms with van der Waals surface area (Å²) in [6.45, 7) is 2.35. The molecule has 1 saturated heterocycles. The SMILES string of the molecule is CCC1(CC)NC(=O)N(CC(=O)OCC(=O)Nc2sc3c(c2C(N)=O)CCC3)C1=O. The van der Waals surface area contributed by atoms with Crippen LogP contribution < -0.4 is 16.4 Å². The van der Waals surface area contributed by atoms with Crippen LogP contribution in [-0.4, -0.2) is 53.3 Å². The number of carbonyl (C=O) groups is 5. The molecule has 10 nitrogen and oxygen atoms in total. The van der Waals surface area contributed by atoms with Crippen LogP contribution in [-0.2, 0) is 32.0 Å². The number of nitrogens with one attached hydrogen (secondary N) is 2. The predicted octanol–water partition coefficient (Wildman–Crippen LogP) is 0.928. The number of imide groups is 1. The third-order valence-corrected chi connectivity index (χ3v) is 6.73. The fourth-order valence-corrected chi connectivity index (χ4v) is 5.10. The van der Waals surface area contributed by atoms with Gasteiger partial charge in [-0.25, -0.2) is 4.79 Å². The van der Waals surface area contributed by atoms with Gasteiger partial charge in [0.2, 0.25) is 0 Å². The minimum atomic E-state index is -1.01. The number of amides is 5. The standard InChI is InChI=1S/C19H24N4O6S/c1-3-19(4-2)17(27)23(18(28)22-19)8-13(25)29-9-12(24)21-16-14(15(20)26)10-6-5-7-11(10)30-16/h3-9H2,1-2H3,(H2,20,26)(H,21,24)(H,22,28). The first kappa shape index (κ1) is 21.8. The zero-order chi connectivity index (χ0) is 22.1. The summed E-state index contributed by atoms with van der Waals surface area (Å²) in [6, 6.07) is -0.663. The molecule has 1 fully saturated rings. The molecule has 1 aromatic rings. The number of rotatable bonds is 8. The lowest BCUT2D eigenvalue weighted by Crippen LogP contribution is -2.46. The third-order valence-electron chi connectivity index (χ3n) is 5.53. The second kappa shape index (κ2) is 8.42. The van der Waals surface area contributed by atoms with Crippen LogP contribution in [0.25, 0.3) is 0 Å². The predicted molar refractivity (Wildman–Crippen MR) is 108 cm³/mol. The second-order valence-electron chi connectivity index (χ2n) is 7.25. The Kier molecular flexibility index (Phi) is 6.11. The van der Waals surface area contributed by atoms with Gasteiger partial charge in [-0.1, -0.05) is 13.8 Å². The van der Waals surface area contributed by atoms with Crippen LogP contribution in [0, 0.1) is 0 Å². The van der Waals surface area contributed by atoms with E-state index in [1.807, 2.05) is 0 Å². The maximum Gasteiger partial charge on any atom is 0.326 e. The highest BCUT2D eigenvalue weighted by Gasteiger charge is 2.49.